The molecule has 5 heteroatoms. The fraction of sp³-hybridized carbons (Fsp3) is 0.625. The zero-order valence-electron chi connectivity index (χ0n) is 12.4. The molecule has 116 valence electrons. The zero-order chi connectivity index (χ0) is 14.7. The summed E-state index contributed by atoms with van der Waals surface area (Å²) in [5.41, 5.74) is 2.65. The van der Waals surface area contributed by atoms with Crippen LogP contribution in [0.3, 0.4) is 0 Å². The molecule has 0 spiro atoms. The Morgan fingerprint density at radius 1 is 1.19 bits per heavy atom. The lowest BCUT2D eigenvalue weighted by molar-refractivity contribution is 0.521. The van der Waals surface area contributed by atoms with E-state index in [0.717, 1.165) is 32.6 Å². The van der Waals surface area contributed by atoms with Gasteiger partial charge in [0.2, 0.25) is 0 Å². The van der Waals surface area contributed by atoms with Gasteiger partial charge in [-0.3, -0.25) is 0 Å². The minimum absolute atomic E-state index is 0.286. The Labute approximate surface area is 127 Å². The number of nitrogens with zero attached hydrogens (tertiary/aromatic N) is 1. The average molecular weight is 308 g/mol. The number of anilines is 1. The van der Waals surface area contributed by atoms with E-state index >= 15 is 0 Å². The van der Waals surface area contributed by atoms with E-state index in [2.05, 4.69) is 34.5 Å². The van der Waals surface area contributed by atoms with E-state index in [0.29, 0.717) is 11.5 Å². The van der Waals surface area contributed by atoms with Gasteiger partial charge in [0.15, 0.2) is 9.84 Å². The number of nitrogens with one attached hydrogen (secondary N) is 1. The Morgan fingerprint density at radius 2 is 1.95 bits per heavy atom. The molecule has 4 nitrogen and oxygen atoms in total. The molecule has 1 aromatic rings. The monoisotopic (exact) mass is 308 g/mol. The van der Waals surface area contributed by atoms with Crippen molar-refractivity contribution in [3.8, 4) is 0 Å². The molecule has 1 aromatic carbocycles. The van der Waals surface area contributed by atoms with Gasteiger partial charge in [0.25, 0.3) is 0 Å². The van der Waals surface area contributed by atoms with Crippen molar-refractivity contribution in [1.29, 1.82) is 0 Å². The van der Waals surface area contributed by atoms with E-state index in [9.17, 15) is 8.42 Å². The summed E-state index contributed by atoms with van der Waals surface area (Å²) in [7, 11) is -2.76. The van der Waals surface area contributed by atoms with Crippen LogP contribution in [0.4, 0.5) is 5.69 Å². The van der Waals surface area contributed by atoms with E-state index < -0.39 is 9.84 Å². The highest BCUT2D eigenvalue weighted by Crippen LogP contribution is 2.24. The van der Waals surface area contributed by atoms with E-state index in [-0.39, 0.29) is 5.92 Å². The molecule has 0 aromatic heterocycles. The third-order valence-electron chi connectivity index (χ3n) is 4.51. The summed E-state index contributed by atoms with van der Waals surface area (Å²) in [6.45, 7) is 3.92. The summed E-state index contributed by atoms with van der Waals surface area (Å²) >= 11 is 0. The second kappa shape index (κ2) is 6.36. The Morgan fingerprint density at radius 3 is 2.67 bits per heavy atom. The molecule has 2 saturated heterocycles. The Bertz CT molecular complexity index is 580. The highest BCUT2D eigenvalue weighted by molar-refractivity contribution is 7.91. The van der Waals surface area contributed by atoms with Crippen molar-refractivity contribution in [3.05, 3.63) is 29.8 Å². The van der Waals surface area contributed by atoms with Crippen LogP contribution in [0.15, 0.2) is 24.3 Å². The summed E-state index contributed by atoms with van der Waals surface area (Å²) in [6, 6.07) is 8.55. The molecule has 2 heterocycles. The Hall–Kier alpha value is -1.07. The largest absolute Gasteiger partial charge is 0.371 e. The fourth-order valence-electron chi connectivity index (χ4n) is 3.37. The molecular formula is C16H24N2O2S. The van der Waals surface area contributed by atoms with Crippen molar-refractivity contribution in [2.45, 2.75) is 25.8 Å². The second-order valence-corrected chi connectivity index (χ2v) is 8.45. The molecule has 2 aliphatic heterocycles. The van der Waals surface area contributed by atoms with Crippen LogP contribution >= 0.6 is 0 Å². The van der Waals surface area contributed by atoms with Gasteiger partial charge in [0, 0.05) is 25.3 Å². The van der Waals surface area contributed by atoms with Crippen molar-refractivity contribution in [2.75, 3.05) is 36.0 Å². The minimum atomic E-state index is -2.76. The predicted molar refractivity (Wildman–Crippen MR) is 86.4 cm³/mol. The second-order valence-electron chi connectivity index (χ2n) is 6.22. The highest BCUT2D eigenvalue weighted by atomic mass is 32.2. The van der Waals surface area contributed by atoms with Crippen molar-refractivity contribution in [1.82, 2.24) is 5.32 Å². The third kappa shape index (κ3) is 3.77. The molecular weight excluding hydrogens is 284 g/mol. The van der Waals surface area contributed by atoms with E-state index in [1.54, 1.807) is 0 Å². The van der Waals surface area contributed by atoms with Crippen LogP contribution in [0.5, 0.6) is 0 Å². The first-order valence-corrected chi connectivity index (χ1v) is 9.70. The van der Waals surface area contributed by atoms with Gasteiger partial charge in [-0.2, -0.15) is 0 Å². The SMILES string of the molecule is O=S1(=O)CCC(CNCc2ccccc2N2CCCC2)C1. The van der Waals surface area contributed by atoms with Crippen LogP contribution in [0.2, 0.25) is 0 Å². The van der Waals surface area contributed by atoms with Gasteiger partial charge in [0.1, 0.15) is 0 Å². The van der Waals surface area contributed by atoms with Crippen LogP contribution in [0, 0.1) is 5.92 Å². The van der Waals surface area contributed by atoms with Gasteiger partial charge < -0.3 is 10.2 Å². The lowest BCUT2D eigenvalue weighted by atomic mass is 10.1. The van der Waals surface area contributed by atoms with E-state index in [1.807, 2.05) is 0 Å². The highest BCUT2D eigenvalue weighted by Gasteiger charge is 2.27. The molecule has 2 fully saturated rings. The molecule has 1 atom stereocenters. The standard InChI is InChI=1S/C16H24N2O2S/c19-21(20)10-7-14(13-21)11-17-12-15-5-1-2-6-16(15)18-8-3-4-9-18/h1-2,5-6,14,17H,3-4,7-13H2. The first-order valence-electron chi connectivity index (χ1n) is 7.88. The van der Waals surface area contributed by atoms with Crippen molar-refractivity contribution in [3.63, 3.8) is 0 Å². The number of hydrogen-bond acceptors (Lipinski definition) is 4. The molecule has 0 bridgehead atoms. The first kappa shape index (κ1) is 14.9. The predicted octanol–water partition coefficient (Wildman–Crippen LogP) is 1.81. The van der Waals surface area contributed by atoms with Gasteiger partial charge in [-0.15, -0.1) is 0 Å². The van der Waals surface area contributed by atoms with Gasteiger partial charge in [-0.25, -0.2) is 8.42 Å². The zero-order valence-corrected chi connectivity index (χ0v) is 13.2. The van der Waals surface area contributed by atoms with Crippen molar-refractivity contribution >= 4 is 15.5 Å². The molecule has 3 rings (SSSR count). The summed E-state index contributed by atoms with van der Waals surface area (Å²) in [6.07, 6.45) is 3.37. The third-order valence-corrected chi connectivity index (χ3v) is 6.35. The quantitative estimate of drug-likeness (QED) is 0.901. The first-order chi connectivity index (χ1) is 10.1. The lowest BCUT2D eigenvalue weighted by Crippen LogP contribution is -2.25. The normalized spacial score (nSPS) is 24.6. The number of sulfone groups is 1. The minimum Gasteiger partial charge on any atom is -0.371 e. The van der Waals surface area contributed by atoms with Gasteiger partial charge >= 0.3 is 0 Å². The summed E-state index contributed by atoms with van der Waals surface area (Å²) in [5.74, 6) is 1.01. The van der Waals surface area contributed by atoms with Gasteiger partial charge in [-0.1, -0.05) is 18.2 Å². The van der Waals surface area contributed by atoms with Crippen LogP contribution in [-0.4, -0.2) is 39.6 Å². The number of hydrogen-bond donors (Lipinski definition) is 1. The van der Waals surface area contributed by atoms with E-state index in [4.69, 9.17) is 0 Å². The van der Waals surface area contributed by atoms with Crippen LogP contribution in [-0.2, 0) is 16.4 Å². The molecule has 1 N–H and O–H groups in total. The maximum absolute atomic E-state index is 11.5. The fourth-order valence-corrected chi connectivity index (χ4v) is 5.23. The topological polar surface area (TPSA) is 49.4 Å². The summed E-state index contributed by atoms with van der Waals surface area (Å²) in [4.78, 5) is 2.46. The molecule has 0 aliphatic carbocycles. The average Bonchev–Trinajstić information content (AvgIpc) is 3.09. The molecule has 1 unspecified atom stereocenters. The maximum atomic E-state index is 11.5. The smallest absolute Gasteiger partial charge is 0.150 e. The summed E-state index contributed by atoms with van der Waals surface area (Å²) < 4.78 is 22.9. The lowest BCUT2D eigenvalue weighted by Gasteiger charge is -2.22. The molecule has 21 heavy (non-hydrogen) atoms. The number of para-hydroxylation sites is 1. The molecule has 2 aliphatic rings. The number of rotatable bonds is 5. The summed E-state index contributed by atoms with van der Waals surface area (Å²) in [5, 5.41) is 3.45. The molecule has 0 saturated carbocycles. The van der Waals surface area contributed by atoms with Crippen molar-refractivity contribution < 1.29 is 8.42 Å². The molecule has 0 radical (unpaired) electrons. The Kier molecular flexibility index (Phi) is 4.50. The Balaban J connectivity index is 1.56. The van der Waals surface area contributed by atoms with Gasteiger partial charge in [-0.05, 0) is 43.4 Å². The van der Waals surface area contributed by atoms with Gasteiger partial charge in [0.05, 0.1) is 11.5 Å². The van der Waals surface area contributed by atoms with Crippen LogP contribution in [0.1, 0.15) is 24.8 Å². The molecule has 0 amide bonds. The van der Waals surface area contributed by atoms with Crippen LogP contribution in [0.25, 0.3) is 0 Å². The van der Waals surface area contributed by atoms with Crippen LogP contribution < -0.4 is 10.2 Å². The maximum Gasteiger partial charge on any atom is 0.150 e. The van der Waals surface area contributed by atoms with E-state index in [1.165, 1.54) is 24.1 Å². The van der Waals surface area contributed by atoms with Crippen molar-refractivity contribution in [2.24, 2.45) is 5.92 Å². The number of benzene rings is 1.